The minimum atomic E-state index is 0.107. The molecule has 1 heterocycles. The van der Waals surface area contributed by atoms with Crippen molar-refractivity contribution in [1.82, 2.24) is 15.2 Å². The molecule has 0 bridgehead atoms. The van der Waals surface area contributed by atoms with E-state index in [4.69, 9.17) is 16.2 Å². The second-order valence-electron chi connectivity index (χ2n) is 3.23. The molecule has 0 saturated heterocycles. The van der Waals surface area contributed by atoms with Crippen LogP contribution in [0, 0.1) is 0 Å². The largest absolute Gasteiger partial charge is 0.495 e. The van der Waals surface area contributed by atoms with Crippen LogP contribution in [0.2, 0.25) is 0 Å². The summed E-state index contributed by atoms with van der Waals surface area (Å²) in [6, 6.07) is 7.37. The molecule has 0 amide bonds. The van der Waals surface area contributed by atoms with Crippen molar-refractivity contribution >= 4 is 23.3 Å². The Bertz CT molecular complexity index is 530. The third-order valence-electron chi connectivity index (χ3n) is 2.09. The van der Waals surface area contributed by atoms with E-state index in [2.05, 4.69) is 20.5 Å². The first-order chi connectivity index (χ1) is 8.20. The first-order valence-corrected chi connectivity index (χ1v) is 4.86. The maximum absolute atomic E-state index is 5.53. The van der Waals surface area contributed by atoms with Gasteiger partial charge in [0.1, 0.15) is 5.75 Å². The van der Waals surface area contributed by atoms with Crippen molar-refractivity contribution in [2.24, 2.45) is 0 Å². The fourth-order valence-corrected chi connectivity index (χ4v) is 1.27. The highest BCUT2D eigenvalue weighted by molar-refractivity contribution is 5.63. The van der Waals surface area contributed by atoms with Gasteiger partial charge in [0.2, 0.25) is 5.95 Å². The lowest BCUT2D eigenvalue weighted by Gasteiger charge is -2.09. The molecule has 0 aliphatic heterocycles. The van der Waals surface area contributed by atoms with E-state index < -0.39 is 0 Å². The van der Waals surface area contributed by atoms with Gasteiger partial charge in [-0.05, 0) is 12.1 Å². The molecule has 0 fully saturated rings. The van der Waals surface area contributed by atoms with E-state index in [1.807, 2.05) is 24.3 Å². The topological polar surface area (TPSA) is 112 Å². The lowest BCUT2D eigenvalue weighted by molar-refractivity contribution is 0.417. The van der Waals surface area contributed by atoms with Crippen molar-refractivity contribution in [2.45, 2.75) is 0 Å². The maximum Gasteiger partial charge on any atom is 0.249 e. The van der Waals surface area contributed by atoms with Crippen molar-refractivity contribution in [2.75, 3.05) is 23.9 Å². The summed E-state index contributed by atoms with van der Waals surface area (Å²) in [5.41, 5.74) is 11.7. The Morgan fingerprint density at radius 1 is 1.12 bits per heavy atom. The molecule has 1 aromatic carbocycles. The highest BCUT2D eigenvalue weighted by atomic mass is 16.5. The number of benzene rings is 1. The summed E-state index contributed by atoms with van der Waals surface area (Å²) in [7, 11) is 1.58. The number of hydrogen-bond donors (Lipinski definition) is 3. The summed E-state index contributed by atoms with van der Waals surface area (Å²) in [4.78, 5) is 3.96. The summed E-state index contributed by atoms with van der Waals surface area (Å²) in [5.74, 6) is 1.18. The Morgan fingerprint density at radius 3 is 2.59 bits per heavy atom. The Morgan fingerprint density at radius 2 is 1.88 bits per heavy atom. The highest BCUT2D eigenvalue weighted by Crippen LogP contribution is 2.25. The Balaban J connectivity index is 2.28. The number of nitrogen functional groups attached to an aromatic ring is 2. The number of nitrogens with one attached hydrogen (secondary N) is 1. The van der Waals surface area contributed by atoms with Crippen LogP contribution in [-0.2, 0) is 0 Å². The number of para-hydroxylation sites is 2. The summed E-state index contributed by atoms with van der Waals surface area (Å²) in [6.07, 6.45) is 0. The predicted octanol–water partition coefficient (Wildman–Crippen LogP) is 0.788. The van der Waals surface area contributed by atoms with E-state index >= 15 is 0 Å². The van der Waals surface area contributed by atoms with Gasteiger partial charge in [0.15, 0.2) is 11.6 Å². The second-order valence-corrected chi connectivity index (χ2v) is 3.23. The van der Waals surface area contributed by atoms with Crippen LogP contribution in [0.15, 0.2) is 24.3 Å². The molecule has 2 aromatic rings. The molecule has 0 saturated carbocycles. The van der Waals surface area contributed by atoms with Crippen LogP contribution < -0.4 is 21.5 Å². The van der Waals surface area contributed by atoms with Crippen molar-refractivity contribution in [3.05, 3.63) is 24.3 Å². The van der Waals surface area contributed by atoms with Gasteiger partial charge in [-0.25, -0.2) is 0 Å². The Hall–Kier alpha value is -2.57. The molecular formula is C10H12N6O. The van der Waals surface area contributed by atoms with Gasteiger partial charge >= 0.3 is 0 Å². The molecule has 7 nitrogen and oxygen atoms in total. The molecule has 5 N–H and O–H groups in total. The van der Waals surface area contributed by atoms with Crippen LogP contribution in [0.25, 0.3) is 0 Å². The Labute approximate surface area is 97.8 Å². The molecule has 88 valence electrons. The number of nitrogens with two attached hydrogens (primary N) is 2. The summed E-state index contributed by atoms with van der Waals surface area (Å²) in [6.45, 7) is 0. The van der Waals surface area contributed by atoms with Crippen molar-refractivity contribution in [3.63, 3.8) is 0 Å². The molecule has 1 aromatic heterocycles. The number of ether oxygens (including phenoxy) is 1. The number of anilines is 4. The fourth-order valence-electron chi connectivity index (χ4n) is 1.27. The lowest BCUT2D eigenvalue weighted by atomic mass is 10.3. The van der Waals surface area contributed by atoms with Crippen LogP contribution in [0.3, 0.4) is 0 Å². The SMILES string of the molecule is COc1ccccc1Nc1nnc(N)c(N)n1. The molecule has 0 radical (unpaired) electrons. The Kier molecular flexibility index (Phi) is 2.91. The van der Waals surface area contributed by atoms with Gasteiger partial charge in [-0.3, -0.25) is 0 Å². The van der Waals surface area contributed by atoms with E-state index in [0.29, 0.717) is 5.75 Å². The molecule has 0 aliphatic rings. The van der Waals surface area contributed by atoms with Gasteiger partial charge < -0.3 is 21.5 Å². The molecule has 7 heteroatoms. The van der Waals surface area contributed by atoms with Crippen LogP contribution >= 0.6 is 0 Å². The van der Waals surface area contributed by atoms with E-state index in [1.54, 1.807) is 7.11 Å². The van der Waals surface area contributed by atoms with Crippen molar-refractivity contribution < 1.29 is 4.74 Å². The van der Waals surface area contributed by atoms with Gasteiger partial charge in [-0.15, -0.1) is 10.2 Å². The van der Waals surface area contributed by atoms with Crippen LogP contribution in [0.4, 0.5) is 23.3 Å². The average molecular weight is 232 g/mol. The number of methoxy groups -OCH3 is 1. The fraction of sp³-hybridized carbons (Fsp3) is 0.100. The van der Waals surface area contributed by atoms with Crippen molar-refractivity contribution in [3.8, 4) is 5.75 Å². The van der Waals surface area contributed by atoms with Crippen LogP contribution in [0.5, 0.6) is 5.75 Å². The van der Waals surface area contributed by atoms with E-state index in [1.165, 1.54) is 0 Å². The summed E-state index contributed by atoms with van der Waals surface area (Å²) in [5, 5.41) is 10.4. The number of nitrogens with zero attached hydrogens (tertiary/aromatic N) is 3. The highest BCUT2D eigenvalue weighted by Gasteiger charge is 2.06. The zero-order chi connectivity index (χ0) is 12.3. The van der Waals surface area contributed by atoms with Gasteiger partial charge in [0, 0.05) is 0 Å². The first kappa shape index (κ1) is 10.9. The molecule has 2 rings (SSSR count). The minimum Gasteiger partial charge on any atom is -0.495 e. The van der Waals surface area contributed by atoms with E-state index in [9.17, 15) is 0 Å². The summed E-state index contributed by atoms with van der Waals surface area (Å²) < 4.78 is 5.18. The molecule has 17 heavy (non-hydrogen) atoms. The van der Waals surface area contributed by atoms with Crippen LogP contribution in [-0.4, -0.2) is 22.3 Å². The van der Waals surface area contributed by atoms with Gasteiger partial charge in [0.25, 0.3) is 0 Å². The number of aromatic nitrogens is 3. The quantitative estimate of drug-likeness (QED) is 0.717. The van der Waals surface area contributed by atoms with E-state index in [0.717, 1.165) is 5.69 Å². The van der Waals surface area contributed by atoms with E-state index in [-0.39, 0.29) is 17.6 Å². The third-order valence-corrected chi connectivity index (χ3v) is 2.09. The monoisotopic (exact) mass is 232 g/mol. The van der Waals surface area contributed by atoms with Gasteiger partial charge in [-0.2, -0.15) is 4.98 Å². The predicted molar refractivity (Wildman–Crippen MR) is 64.9 cm³/mol. The molecule has 0 atom stereocenters. The van der Waals surface area contributed by atoms with Crippen LogP contribution in [0.1, 0.15) is 0 Å². The molecular weight excluding hydrogens is 220 g/mol. The second kappa shape index (κ2) is 4.52. The van der Waals surface area contributed by atoms with Gasteiger partial charge in [0.05, 0.1) is 12.8 Å². The summed E-state index contributed by atoms with van der Waals surface area (Å²) >= 11 is 0. The molecule has 0 aliphatic carbocycles. The maximum atomic E-state index is 5.53. The molecule has 0 unspecified atom stereocenters. The zero-order valence-electron chi connectivity index (χ0n) is 9.21. The third kappa shape index (κ3) is 2.33. The zero-order valence-corrected chi connectivity index (χ0v) is 9.21. The molecule has 0 spiro atoms. The number of hydrogen-bond acceptors (Lipinski definition) is 7. The van der Waals surface area contributed by atoms with Crippen molar-refractivity contribution in [1.29, 1.82) is 0 Å². The van der Waals surface area contributed by atoms with Gasteiger partial charge in [-0.1, -0.05) is 12.1 Å². The smallest absolute Gasteiger partial charge is 0.249 e. The normalized spacial score (nSPS) is 9.94. The number of rotatable bonds is 3. The first-order valence-electron chi connectivity index (χ1n) is 4.86. The lowest BCUT2D eigenvalue weighted by Crippen LogP contribution is -2.07. The minimum absolute atomic E-state index is 0.107. The standard InChI is InChI=1S/C10H12N6O/c1-17-7-5-3-2-4-6(7)13-10-14-8(11)9(12)15-16-10/h2-5H,1H3,(H2,12,15)(H3,11,13,14,16). The average Bonchev–Trinajstić information content (AvgIpc) is 2.34.